The highest BCUT2D eigenvalue weighted by atomic mass is 79.9. The van der Waals surface area contributed by atoms with Crippen LogP contribution in [0.15, 0.2) is 46.9 Å². The van der Waals surface area contributed by atoms with Gasteiger partial charge < -0.3 is 19.9 Å². The molecule has 1 heterocycles. The standard InChI is InChI=1S/C30H41BrN4O3/c1-30(2,3)38-29(37)33(4)16-17-35(21-24-8-5-6-10-26(24)31)28(36)18-32-27-11-7-9-23-20-34(15-14-25(23)27)19-22-12-13-22/h5-11,22,32H,12-21H2,1-4H3. The van der Waals surface area contributed by atoms with Crippen LogP contribution in [0.2, 0.25) is 0 Å². The molecular weight excluding hydrogens is 544 g/mol. The van der Waals surface area contributed by atoms with Crippen LogP contribution in [0, 0.1) is 5.92 Å². The van der Waals surface area contributed by atoms with Gasteiger partial charge >= 0.3 is 6.09 Å². The molecule has 8 heteroatoms. The summed E-state index contributed by atoms with van der Waals surface area (Å²) in [6.07, 6.45) is 3.35. The molecule has 2 aliphatic rings. The van der Waals surface area contributed by atoms with Gasteiger partial charge in [0.1, 0.15) is 5.60 Å². The van der Waals surface area contributed by atoms with Gasteiger partial charge in [-0.05, 0) is 74.8 Å². The summed E-state index contributed by atoms with van der Waals surface area (Å²) in [5, 5.41) is 3.44. The van der Waals surface area contributed by atoms with E-state index in [-0.39, 0.29) is 12.5 Å². The maximum atomic E-state index is 13.5. The Balaban J connectivity index is 1.40. The van der Waals surface area contributed by atoms with Crippen LogP contribution in [0.3, 0.4) is 0 Å². The topological polar surface area (TPSA) is 65.1 Å². The van der Waals surface area contributed by atoms with E-state index in [9.17, 15) is 9.59 Å². The van der Waals surface area contributed by atoms with Gasteiger partial charge in [0, 0.05) is 56.5 Å². The molecule has 2 aromatic rings. The minimum Gasteiger partial charge on any atom is -0.444 e. The molecule has 0 unspecified atom stereocenters. The summed E-state index contributed by atoms with van der Waals surface area (Å²) >= 11 is 3.61. The fourth-order valence-electron chi connectivity index (χ4n) is 4.76. The first-order chi connectivity index (χ1) is 18.1. The van der Waals surface area contributed by atoms with Crippen molar-refractivity contribution >= 4 is 33.6 Å². The molecule has 0 saturated heterocycles. The maximum Gasteiger partial charge on any atom is 0.410 e. The van der Waals surface area contributed by atoms with Crippen molar-refractivity contribution in [3.8, 4) is 0 Å². The Hall–Kier alpha value is -2.58. The largest absolute Gasteiger partial charge is 0.444 e. The van der Waals surface area contributed by atoms with E-state index in [1.807, 2.05) is 45.0 Å². The Kier molecular flexibility index (Phi) is 9.36. The number of ether oxygens (including phenoxy) is 1. The fraction of sp³-hybridized carbons (Fsp3) is 0.533. The monoisotopic (exact) mass is 584 g/mol. The number of carbonyl (C=O) groups excluding carboxylic acids is 2. The first-order valence-corrected chi connectivity index (χ1v) is 14.4. The SMILES string of the molecule is CN(CCN(Cc1ccccc1Br)C(=O)CNc1cccc2c1CCN(CC1CC1)C2)C(=O)OC(C)(C)C. The zero-order valence-corrected chi connectivity index (χ0v) is 24.7. The maximum absolute atomic E-state index is 13.5. The van der Waals surface area contributed by atoms with E-state index in [0.29, 0.717) is 19.6 Å². The molecule has 1 fully saturated rings. The van der Waals surface area contributed by atoms with Crippen LogP contribution in [-0.4, -0.2) is 72.1 Å². The number of fused-ring (bicyclic) bond motifs is 1. The van der Waals surface area contributed by atoms with E-state index in [1.54, 1.807) is 11.9 Å². The normalized spacial score (nSPS) is 15.5. The van der Waals surface area contributed by atoms with E-state index in [4.69, 9.17) is 4.74 Å². The zero-order chi connectivity index (χ0) is 27.3. The molecule has 1 saturated carbocycles. The Bertz CT molecular complexity index is 1130. The fourth-order valence-corrected chi connectivity index (χ4v) is 5.17. The first kappa shape index (κ1) is 28.4. The van der Waals surface area contributed by atoms with E-state index in [2.05, 4.69) is 44.3 Å². The van der Waals surface area contributed by atoms with Gasteiger partial charge in [-0.3, -0.25) is 9.69 Å². The molecular formula is C30H41BrN4O3. The molecule has 206 valence electrons. The highest BCUT2D eigenvalue weighted by Crippen LogP contribution is 2.33. The minimum atomic E-state index is -0.566. The molecule has 38 heavy (non-hydrogen) atoms. The lowest BCUT2D eigenvalue weighted by atomic mass is 9.97. The van der Waals surface area contributed by atoms with Crippen molar-refractivity contribution in [3.63, 3.8) is 0 Å². The number of hydrogen-bond donors (Lipinski definition) is 1. The number of nitrogens with zero attached hydrogens (tertiary/aromatic N) is 3. The third kappa shape index (κ3) is 8.21. The number of likely N-dealkylation sites (N-methyl/N-ethyl adjacent to an activating group) is 1. The summed E-state index contributed by atoms with van der Waals surface area (Å²) in [6, 6.07) is 14.3. The molecule has 4 rings (SSSR count). The second-order valence-corrected chi connectivity index (χ2v) is 12.4. The Morgan fingerprint density at radius 1 is 1.11 bits per heavy atom. The summed E-state index contributed by atoms with van der Waals surface area (Å²) in [5.74, 6) is 0.877. The van der Waals surface area contributed by atoms with Gasteiger partial charge in [0.25, 0.3) is 0 Å². The van der Waals surface area contributed by atoms with E-state index >= 15 is 0 Å². The molecule has 1 aliphatic carbocycles. The summed E-state index contributed by atoms with van der Waals surface area (Å²) in [5.41, 5.74) is 4.19. The molecule has 0 spiro atoms. The van der Waals surface area contributed by atoms with Crippen LogP contribution in [0.1, 0.15) is 50.3 Å². The predicted octanol–water partition coefficient (Wildman–Crippen LogP) is 5.52. The third-order valence-electron chi connectivity index (χ3n) is 7.07. The van der Waals surface area contributed by atoms with Gasteiger partial charge in [-0.25, -0.2) is 4.79 Å². The smallest absolute Gasteiger partial charge is 0.410 e. The summed E-state index contributed by atoms with van der Waals surface area (Å²) < 4.78 is 6.44. The quantitative estimate of drug-likeness (QED) is 0.398. The molecule has 0 atom stereocenters. The van der Waals surface area contributed by atoms with Crippen LogP contribution < -0.4 is 5.32 Å². The van der Waals surface area contributed by atoms with Crippen molar-refractivity contribution in [2.75, 3.05) is 45.1 Å². The van der Waals surface area contributed by atoms with Gasteiger partial charge in [0.15, 0.2) is 0 Å². The molecule has 2 aromatic carbocycles. The number of amides is 2. The molecule has 0 bridgehead atoms. The predicted molar refractivity (Wildman–Crippen MR) is 155 cm³/mol. The van der Waals surface area contributed by atoms with Crippen molar-refractivity contribution in [1.82, 2.24) is 14.7 Å². The molecule has 0 radical (unpaired) electrons. The Morgan fingerprint density at radius 2 is 1.87 bits per heavy atom. The van der Waals surface area contributed by atoms with Gasteiger partial charge in [0.2, 0.25) is 5.91 Å². The zero-order valence-electron chi connectivity index (χ0n) is 23.1. The lowest BCUT2D eigenvalue weighted by molar-refractivity contribution is -0.130. The van der Waals surface area contributed by atoms with Crippen molar-refractivity contribution in [2.24, 2.45) is 5.92 Å². The number of carbonyl (C=O) groups is 2. The number of halogens is 1. The van der Waals surface area contributed by atoms with E-state index < -0.39 is 11.7 Å². The molecule has 1 N–H and O–H groups in total. The second kappa shape index (κ2) is 12.5. The number of hydrogen-bond acceptors (Lipinski definition) is 5. The average Bonchev–Trinajstić information content (AvgIpc) is 3.68. The summed E-state index contributed by atoms with van der Waals surface area (Å²) in [4.78, 5) is 31.9. The Morgan fingerprint density at radius 3 is 2.58 bits per heavy atom. The highest BCUT2D eigenvalue weighted by molar-refractivity contribution is 9.10. The van der Waals surface area contributed by atoms with Crippen molar-refractivity contribution < 1.29 is 14.3 Å². The van der Waals surface area contributed by atoms with Crippen molar-refractivity contribution in [3.05, 3.63) is 63.6 Å². The van der Waals surface area contributed by atoms with Gasteiger partial charge in [0.05, 0.1) is 6.54 Å². The molecule has 0 aromatic heterocycles. The van der Waals surface area contributed by atoms with Crippen LogP contribution in [0.5, 0.6) is 0 Å². The lowest BCUT2D eigenvalue weighted by Crippen LogP contribution is -2.42. The second-order valence-electron chi connectivity index (χ2n) is 11.5. The van der Waals surface area contributed by atoms with Crippen LogP contribution in [0.25, 0.3) is 0 Å². The molecule has 7 nitrogen and oxygen atoms in total. The van der Waals surface area contributed by atoms with E-state index in [0.717, 1.165) is 41.2 Å². The first-order valence-electron chi connectivity index (χ1n) is 13.6. The van der Waals surface area contributed by atoms with Crippen LogP contribution in [-0.2, 0) is 29.0 Å². The summed E-state index contributed by atoms with van der Waals surface area (Å²) in [7, 11) is 1.70. The van der Waals surface area contributed by atoms with Crippen molar-refractivity contribution in [1.29, 1.82) is 0 Å². The van der Waals surface area contributed by atoms with Gasteiger partial charge in [-0.1, -0.05) is 46.3 Å². The average molecular weight is 586 g/mol. The van der Waals surface area contributed by atoms with Crippen LogP contribution in [0.4, 0.5) is 10.5 Å². The third-order valence-corrected chi connectivity index (χ3v) is 7.84. The Labute approximate surface area is 235 Å². The van der Waals surface area contributed by atoms with Gasteiger partial charge in [-0.15, -0.1) is 0 Å². The lowest BCUT2D eigenvalue weighted by Gasteiger charge is -2.31. The number of benzene rings is 2. The van der Waals surface area contributed by atoms with Crippen molar-refractivity contribution in [2.45, 2.75) is 58.7 Å². The van der Waals surface area contributed by atoms with Crippen LogP contribution >= 0.6 is 15.9 Å². The number of anilines is 1. The highest BCUT2D eigenvalue weighted by Gasteiger charge is 2.27. The summed E-state index contributed by atoms with van der Waals surface area (Å²) in [6.45, 7) is 10.2. The number of nitrogens with one attached hydrogen (secondary N) is 1. The molecule has 1 aliphatic heterocycles. The number of rotatable bonds is 10. The van der Waals surface area contributed by atoms with E-state index in [1.165, 1.54) is 35.4 Å². The molecule has 2 amide bonds. The van der Waals surface area contributed by atoms with Gasteiger partial charge in [-0.2, -0.15) is 0 Å². The minimum absolute atomic E-state index is 0.0119.